The van der Waals surface area contributed by atoms with Crippen LogP contribution in [0.25, 0.3) is 22.3 Å². The van der Waals surface area contributed by atoms with E-state index in [2.05, 4.69) is 0 Å². The Kier molecular flexibility index (Phi) is 4.24. The highest BCUT2D eigenvalue weighted by Gasteiger charge is 2.34. The zero-order valence-electron chi connectivity index (χ0n) is 12.6. The number of furan rings is 1. The van der Waals surface area contributed by atoms with E-state index in [1.165, 1.54) is 24.3 Å². The molecule has 0 aliphatic rings. The van der Waals surface area contributed by atoms with Gasteiger partial charge in [-0.05, 0) is 42.7 Å². The average molecular weight is 336 g/mol. The Morgan fingerprint density at radius 3 is 2.50 bits per heavy atom. The molecule has 24 heavy (non-hydrogen) atoms. The number of aryl methyl sites for hydroxylation is 1. The Bertz CT molecular complexity index is 866. The van der Waals surface area contributed by atoms with Gasteiger partial charge in [0.2, 0.25) is 0 Å². The van der Waals surface area contributed by atoms with Gasteiger partial charge in [-0.1, -0.05) is 12.1 Å². The molecule has 0 aliphatic carbocycles. The average Bonchev–Trinajstić information content (AvgIpc) is 2.94. The second-order valence-electron chi connectivity index (χ2n) is 5.54. The minimum atomic E-state index is -4.52. The molecule has 6 heteroatoms. The van der Waals surface area contributed by atoms with Crippen LogP contribution in [0, 0.1) is 0 Å². The van der Waals surface area contributed by atoms with Gasteiger partial charge in [0.1, 0.15) is 17.1 Å². The normalized spacial score (nSPS) is 12.0. The maximum atomic E-state index is 13.4. The smallest absolute Gasteiger partial charge is 0.417 e. The molecule has 0 fully saturated rings. The van der Waals surface area contributed by atoms with Crippen LogP contribution >= 0.6 is 0 Å². The third-order valence-corrected chi connectivity index (χ3v) is 3.78. The van der Waals surface area contributed by atoms with Crippen LogP contribution < -0.4 is 0 Å². The molecular formula is C18H15F3O3. The Hall–Kier alpha value is -2.47. The second-order valence-corrected chi connectivity index (χ2v) is 5.54. The highest BCUT2D eigenvalue weighted by atomic mass is 19.4. The number of fused-ring (bicyclic) bond motifs is 1. The van der Waals surface area contributed by atoms with Crippen molar-refractivity contribution in [2.45, 2.75) is 19.0 Å². The highest BCUT2D eigenvalue weighted by molar-refractivity contribution is 5.84. The van der Waals surface area contributed by atoms with Crippen LogP contribution in [0.2, 0.25) is 0 Å². The monoisotopic (exact) mass is 336 g/mol. The summed E-state index contributed by atoms with van der Waals surface area (Å²) in [7, 11) is 0. The molecule has 1 aromatic heterocycles. The molecule has 0 radical (unpaired) electrons. The van der Waals surface area contributed by atoms with Crippen LogP contribution in [-0.4, -0.2) is 16.8 Å². The van der Waals surface area contributed by atoms with E-state index in [1.54, 1.807) is 12.1 Å². The number of phenols is 1. The minimum Gasteiger partial charge on any atom is -0.508 e. The number of hydrogen-bond donors (Lipinski definition) is 2. The van der Waals surface area contributed by atoms with Crippen LogP contribution in [0.5, 0.6) is 5.75 Å². The SMILES string of the molecule is OCCCc1ccc(-c2cc3ccc(O)cc3o2)c(C(F)(F)F)c1. The zero-order valence-corrected chi connectivity index (χ0v) is 12.6. The summed E-state index contributed by atoms with van der Waals surface area (Å²) in [4.78, 5) is 0. The van der Waals surface area contributed by atoms with Crippen molar-refractivity contribution in [1.82, 2.24) is 0 Å². The van der Waals surface area contributed by atoms with Crippen molar-refractivity contribution in [3.63, 3.8) is 0 Å². The van der Waals surface area contributed by atoms with Crippen LogP contribution in [-0.2, 0) is 12.6 Å². The molecule has 3 aromatic rings. The predicted molar refractivity (Wildman–Crippen MR) is 83.7 cm³/mol. The van der Waals surface area contributed by atoms with Crippen LogP contribution in [0.15, 0.2) is 46.9 Å². The van der Waals surface area contributed by atoms with Crippen molar-refractivity contribution in [2.75, 3.05) is 6.61 Å². The third-order valence-electron chi connectivity index (χ3n) is 3.78. The van der Waals surface area contributed by atoms with Crippen molar-refractivity contribution >= 4 is 11.0 Å². The van der Waals surface area contributed by atoms with Crippen molar-refractivity contribution in [3.05, 3.63) is 53.6 Å². The largest absolute Gasteiger partial charge is 0.508 e. The number of rotatable bonds is 4. The lowest BCUT2D eigenvalue weighted by atomic mass is 9.99. The molecule has 0 atom stereocenters. The first-order chi connectivity index (χ1) is 11.4. The minimum absolute atomic E-state index is 0.0150. The standard InChI is InChI=1S/C18H15F3O3/c19-18(20,21)15-8-11(2-1-7-22)3-6-14(15)17-9-12-4-5-13(23)10-16(12)24-17/h3-6,8-10,22-23H,1-2,7H2. The van der Waals surface area contributed by atoms with Crippen molar-refractivity contribution in [2.24, 2.45) is 0 Å². The van der Waals surface area contributed by atoms with Crippen molar-refractivity contribution in [1.29, 1.82) is 0 Å². The van der Waals surface area contributed by atoms with Gasteiger partial charge in [-0.2, -0.15) is 13.2 Å². The van der Waals surface area contributed by atoms with Gasteiger partial charge in [-0.3, -0.25) is 0 Å². The number of aromatic hydroxyl groups is 1. The lowest BCUT2D eigenvalue weighted by molar-refractivity contribution is -0.137. The topological polar surface area (TPSA) is 53.6 Å². The molecule has 2 aromatic carbocycles. The molecule has 0 saturated heterocycles. The summed E-state index contributed by atoms with van der Waals surface area (Å²) in [6.45, 7) is -0.0732. The summed E-state index contributed by atoms with van der Waals surface area (Å²) in [5, 5.41) is 18.9. The molecule has 0 amide bonds. The van der Waals surface area contributed by atoms with E-state index < -0.39 is 11.7 Å². The van der Waals surface area contributed by atoms with E-state index in [9.17, 15) is 18.3 Å². The Morgan fingerprint density at radius 2 is 1.79 bits per heavy atom. The predicted octanol–water partition coefficient (Wildman–Crippen LogP) is 4.75. The first-order valence-electron chi connectivity index (χ1n) is 7.42. The number of benzene rings is 2. The van der Waals surface area contributed by atoms with E-state index in [0.29, 0.717) is 29.4 Å². The van der Waals surface area contributed by atoms with Gasteiger partial charge >= 0.3 is 6.18 Å². The molecule has 3 nitrogen and oxygen atoms in total. The quantitative estimate of drug-likeness (QED) is 0.723. The van der Waals surface area contributed by atoms with E-state index in [-0.39, 0.29) is 23.7 Å². The van der Waals surface area contributed by atoms with Crippen molar-refractivity contribution < 1.29 is 27.8 Å². The van der Waals surface area contributed by atoms with E-state index in [4.69, 9.17) is 9.52 Å². The maximum Gasteiger partial charge on any atom is 0.417 e. The highest BCUT2D eigenvalue weighted by Crippen LogP contribution is 2.40. The molecular weight excluding hydrogens is 321 g/mol. The van der Waals surface area contributed by atoms with Crippen LogP contribution in [0.1, 0.15) is 17.5 Å². The number of hydrogen-bond acceptors (Lipinski definition) is 3. The van der Waals surface area contributed by atoms with Gasteiger partial charge in [-0.25, -0.2) is 0 Å². The number of halogens is 3. The molecule has 3 rings (SSSR count). The fourth-order valence-electron chi connectivity index (χ4n) is 2.63. The van der Waals surface area contributed by atoms with Gasteiger partial charge in [0.05, 0.1) is 5.56 Å². The van der Waals surface area contributed by atoms with E-state index in [0.717, 1.165) is 6.07 Å². The first kappa shape index (κ1) is 16.4. The fourth-order valence-corrected chi connectivity index (χ4v) is 2.63. The summed E-state index contributed by atoms with van der Waals surface area (Å²) in [5.41, 5.74) is 0.00326. The zero-order chi connectivity index (χ0) is 17.3. The van der Waals surface area contributed by atoms with Crippen LogP contribution in [0.3, 0.4) is 0 Å². The Balaban J connectivity index is 2.10. The lowest BCUT2D eigenvalue weighted by Crippen LogP contribution is -2.08. The molecule has 0 unspecified atom stereocenters. The molecule has 1 heterocycles. The summed E-state index contributed by atoms with van der Waals surface area (Å²) in [6, 6.07) is 9.99. The van der Waals surface area contributed by atoms with Crippen molar-refractivity contribution in [3.8, 4) is 17.1 Å². The molecule has 0 saturated carbocycles. The molecule has 0 spiro atoms. The van der Waals surface area contributed by atoms with Gasteiger partial charge in [0.25, 0.3) is 0 Å². The fraction of sp³-hybridized carbons (Fsp3) is 0.222. The molecule has 2 N–H and O–H groups in total. The summed E-state index contributed by atoms with van der Waals surface area (Å²) >= 11 is 0. The lowest BCUT2D eigenvalue weighted by Gasteiger charge is -2.13. The Labute approximate surface area is 136 Å². The van der Waals surface area contributed by atoms with Gasteiger partial charge in [-0.15, -0.1) is 0 Å². The summed E-state index contributed by atoms with van der Waals surface area (Å²) < 4.78 is 45.8. The van der Waals surface area contributed by atoms with Gasteiger partial charge in [0, 0.05) is 23.6 Å². The number of phenolic OH excluding ortho intramolecular Hbond substituents is 1. The number of alkyl halides is 3. The molecule has 0 aliphatic heterocycles. The molecule has 0 bridgehead atoms. The number of aliphatic hydroxyl groups is 1. The maximum absolute atomic E-state index is 13.4. The third kappa shape index (κ3) is 3.23. The molecule has 126 valence electrons. The van der Waals surface area contributed by atoms with Gasteiger partial charge < -0.3 is 14.6 Å². The van der Waals surface area contributed by atoms with E-state index in [1.807, 2.05) is 0 Å². The number of aliphatic hydroxyl groups excluding tert-OH is 1. The first-order valence-corrected chi connectivity index (χ1v) is 7.42. The summed E-state index contributed by atoms with van der Waals surface area (Å²) in [5.74, 6) is 0.0791. The van der Waals surface area contributed by atoms with E-state index >= 15 is 0 Å². The second kappa shape index (κ2) is 6.20. The Morgan fingerprint density at radius 1 is 1.00 bits per heavy atom. The van der Waals surface area contributed by atoms with Crippen LogP contribution in [0.4, 0.5) is 13.2 Å². The summed E-state index contributed by atoms with van der Waals surface area (Å²) in [6.07, 6.45) is -3.75. The van der Waals surface area contributed by atoms with Gasteiger partial charge in [0.15, 0.2) is 0 Å².